The van der Waals surface area contributed by atoms with Gasteiger partial charge in [0, 0.05) is 32.6 Å². The predicted molar refractivity (Wildman–Crippen MR) is 186 cm³/mol. The first-order valence-electron chi connectivity index (χ1n) is 17.7. The second-order valence-corrected chi connectivity index (χ2v) is 15.2. The molecule has 9 heteroatoms. The van der Waals surface area contributed by atoms with Crippen LogP contribution in [0.1, 0.15) is 91.4 Å². The summed E-state index contributed by atoms with van der Waals surface area (Å²) in [5.74, 6) is 6.36. The molecule has 0 spiro atoms. The van der Waals surface area contributed by atoms with Crippen LogP contribution in [-0.2, 0) is 4.74 Å². The maximum absolute atomic E-state index is 12.8. The van der Waals surface area contributed by atoms with Crippen LogP contribution in [0.25, 0.3) is 0 Å². The van der Waals surface area contributed by atoms with Gasteiger partial charge in [0.1, 0.15) is 17.5 Å². The van der Waals surface area contributed by atoms with Crippen molar-refractivity contribution >= 4 is 29.9 Å². The Bertz CT molecular complexity index is 1220. The van der Waals surface area contributed by atoms with E-state index < -0.39 is 17.0 Å². The summed E-state index contributed by atoms with van der Waals surface area (Å²) in [5.41, 5.74) is 1.23. The molecule has 4 aliphatic carbocycles. The number of fused-ring (bicyclic) bond motifs is 5. The van der Waals surface area contributed by atoms with Gasteiger partial charge in [0.2, 0.25) is 0 Å². The van der Waals surface area contributed by atoms with Crippen molar-refractivity contribution in [2.45, 2.75) is 97.5 Å². The Morgan fingerprint density at radius 1 is 0.911 bits per heavy atom. The lowest BCUT2D eigenvalue weighted by Gasteiger charge is -2.53. The van der Waals surface area contributed by atoms with Crippen LogP contribution < -0.4 is 26.8 Å². The Labute approximate surface area is 277 Å². The molecule has 5 rings (SSSR count). The molecule has 0 heterocycles. The predicted octanol–water partition coefficient (Wildman–Crippen LogP) is 6.45. The highest BCUT2D eigenvalue weighted by Gasteiger charge is 2.51. The van der Waals surface area contributed by atoms with Gasteiger partial charge in [-0.3, -0.25) is 9.59 Å². The molecular weight excluding hydrogens is 588 g/mol. The molecule has 0 saturated heterocycles. The van der Waals surface area contributed by atoms with Gasteiger partial charge in [0.25, 0.3) is 10.9 Å². The van der Waals surface area contributed by atoms with Crippen molar-refractivity contribution in [2.75, 3.05) is 50.9 Å². The summed E-state index contributed by atoms with van der Waals surface area (Å²) in [6, 6.07) is 0. The molecule has 4 aliphatic rings. The number of allylic oxidation sites excluding steroid dienone is 1. The first kappa shape index (κ1) is 35.8. The molecular formula is C36H59ClN4O4. The van der Waals surface area contributed by atoms with Crippen LogP contribution >= 0.6 is 12.4 Å². The normalized spacial score (nSPS) is 29.7. The first-order valence-corrected chi connectivity index (χ1v) is 17.7. The van der Waals surface area contributed by atoms with Crippen molar-refractivity contribution in [3.8, 4) is 0 Å². The van der Waals surface area contributed by atoms with Crippen molar-refractivity contribution < 1.29 is 9.53 Å². The smallest absolute Gasteiger partial charge is 0.407 e. The molecule has 8 atom stereocenters. The molecule has 3 N–H and O–H groups in total. The quantitative estimate of drug-likeness (QED) is 0.121. The van der Waals surface area contributed by atoms with Crippen LogP contribution in [0.3, 0.4) is 0 Å². The van der Waals surface area contributed by atoms with E-state index in [4.69, 9.17) is 4.74 Å². The molecule has 1 aromatic rings. The Morgan fingerprint density at radius 2 is 1.64 bits per heavy atom. The van der Waals surface area contributed by atoms with E-state index in [0.717, 1.165) is 55.4 Å². The molecule has 8 nitrogen and oxygen atoms in total. The average Bonchev–Trinajstić information content (AvgIpc) is 3.48. The first-order chi connectivity index (χ1) is 21.1. The lowest BCUT2D eigenvalue weighted by atomic mass is 9.52. The van der Waals surface area contributed by atoms with Gasteiger partial charge in [-0.2, -0.15) is 0 Å². The van der Waals surface area contributed by atoms with Crippen molar-refractivity contribution in [1.82, 2.24) is 10.2 Å². The summed E-state index contributed by atoms with van der Waals surface area (Å²) in [4.78, 5) is 38.7. The van der Waals surface area contributed by atoms with Crippen LogP contribution in [-0.4, -0.2) is 57.4 Å². The number of carbonyl (C=O) groups is 1. The SMILES string of the molecule is CC(C)CCC[C@@H](C)C1C=C2CC(OC(=O)NCCNc3c(NCCN(C)C)c(=O)c3=O)CCC2C2CCC3CCCC3C21.Cl. The third kappa shape index (κ3) is 8.46. The van der Waals surface area contributed by atoms with Crippen molar-refractivity contribution in [1.29, 1.82) is 0 Å². The molecule has 0 bridgehead atoms. The minimum atomic E-state index is -0.506. The van der Waals surface area contributed by atoms with Gasteiger partial charge in [0.15, 0.2) is 0 Å². The van der Waals surface area contributed by atoms with Gasteiger partial charge in [-0.15, -0.1) is 12.4 Å². The zero-order valence-electron chi connectivity index (χ0n) is 28.4. The van der Waals surface area contributed by atoms with E-state index >= 15 is 0 Å². The molecule has 254 valence electrons. The third-order valence-corrected chi connectivity index (χ3v) is 11.5. The van der Waals surface area contributed by atoms with Gasteiger partial charge >= 0.3 is 6.09 Å². The number of anilines is 2. The lowest BCUT2D eigenvalue weighted by molar-refractivity contribution is -0.00121. The monoisotopic (exact) mass is 646 g/mol. The Kier molecular flexibility index (Phi) is 12.9. The maximum Gasteiger partial charge on any atom is 0.407 e. The molecule has 0 radical (unpaired) electrons. The van der Waals surface area contributed by atoms with Crippen LogP contribution in [0.5, 0.6) is 0 Å². The molecule has 3 saturated carbocycles. The fourth-order valence-electron chi connectivity index (χ4n) is 9.36. The molecule has 3 fully saturated rings. The fraction of sp³-hybridized carbons (Fsp3) is 0.806. The van der Waals surface area contributed by atoms with E-state index in [2.05, 4.69) is 42.8 Å². The molecule has 0 aliphatic heterocycles. The van der Waals surface area contributed by atoms with Crippen molar-refractivity contribution in [3.63, 3.8) is 0 Å². The number of nitrogens with one attached hydrogen (secondary N) is 3. The highest BCUT2D eigenvalue weighted by Crippen LogP contribution is 2.59. The molecule has 45 heavy (non-hydrogen) atoms. The molecule has 0 aromatic heterocycles. The van der Waals surface area contributed by atoms with Gasteiger partial charge < -0.3 is 25.6 Å². The summed E-state index contributed by atoms with van der Waals surface area (Å²) in [7, 11) is 3.91. The number of rotatable bonds is 14. The van der Waals surface area contributed by atoms with Crippen molar-refractivity contribution in [2.24, 2.45) is 47.3 Å². The van der Waals surface area contributed by atoms with E-state index in [1.807, 2.05) is 19.0 Å². The van der Waals surface area contributed by atoms with Gasteiger partial charge in [-0.1, -0.05) is 64.5 Å². The summed E-state index contributed by atoms with van der Waals surface area (Å²) in [6.45, 7) is 9.19. The number of nitrogens with zero attached hydrogens (tertiary/aromatic N) is 1. The minimum Gasteiger partial charge on any atom is -0.446 e. The summed E-state index contributed by atoms with van der Waals surface area (Å²) >= 11 is 0. The minimum absolute atomic E-state index is 0. The summed E-state index contributed by atoms with van der Waals surface area (Å²) in [5, 5.41) is 8.91. The summed E-state index contributed by atoms with van der Waals surface area (Å²) < 4.78 is 5.95. The van der Waals surface area contributed by atoms with Gasteiger partial charge in [0.05, 0.1) is 0 Å². The van der Waals surface area contributed by atoms with Crippen LogP contribution in [0.4, 0.5) is 16.2 Å². The number of ether oxygens (including phenoxy) is 1. The second-order valence-electron chi connectivity index (χ2n) is 15.2. The van der Waals surface area contributed by atoms with Gasteiger partial charge in [-0.25, -0.2) is 4.79 Å². The van der Waals surface area contributed by atoms with Crippen LogP contribution in [0, 0.1) is 47.3 Å². The Balaban J connectivity index is 0.00000461. The number of alkyl carbamates (subject to hydrolysis) is 1. The van der Waals surface area contributed by atoms with Gasteiger partial charge in [-0.05, 0) is 93.5 Å². The zero-order valence-corrected chi connectivity index (χ0v) is 29.2. The number of amides is 1. The summed E-state index contributed by atoms with van der Waals surface area (Å²) in [6.07, 6.45) is 16.2. The maximum atomic E-state index is 12.8. The highest BCUT2D eigenvalue weighted by atomic mass is 35.5. The number of hydrogen-bond acceptors (Lipinski definition) is 7. The van der Waals surface area contributed by atoms with E-state index in [0.29, 0.717) is 48.8 Å². The van der Waals surface area contributed by atoms with E-state index in [1.54, 1.807) is 5.57 Å². The fourth-order valence-corrected chi connectivity index (χ4v) is 9.36. The largest absolute Gasteiger partial charge is 0.446 e. The standard InChI is InChI=1S/C36H58N4O4.ClH/c1-22(2)8-6-9-23(3)30-21-25-20-26(13-15-27(25)29-14-12-24-10-7-11-28(24)31(29)30)44-36(43)39-17-16-37-32-33(35(42)34(32)41)38-18-19-40(4)5;/h21-24,26-31,37-38H,6-20H2,1-5H3,(H,39,43);1H/t23-,24?,26?,27?,28?,29?,30?,31?;/m1./s1. The average molecular weight is 647 g/mol. The molecule has 1 aromatic carbocycles. The topological polar surface area (TPSA) is 99.8 Å². The second kappa shape index (κ2) is 16.2. The lowest BCUT2D eigenvalue weighted by Crippen LogP contribution is -2.47. The van der Waals surface area contributed by atoms with Crippen molar-refractivity contribution in [3.05, 3.63) is 32.1 Å². The third-order valence-electron chi connectivity index (χ3n) is 11.5. The molecule has 1 amide bonds. The van der Waals surface area contributed by atoms with Crippen LogP contribution in [0.15, 0.2) is 21.2 Å². The Hall–Kier alpha value is -2.06. The van der Waals surface area contributed by atoms with Crippen LogP contribution in [0.2, 0.25) is 0 Å². The molecule has 7 unspecified atom stereocenters. The van der Waals surface area contributed by atoms with E-state index in [9.17, 15) is 14.4 Å². The zero-order chi connectivity index (χ0) is 31.4. The number of likely N-dealkylation sites (N-methyl/N-ethyl adjacent to an activating group) is 1. The Morgan fingerprint density at radius 3 is 2.36 bits per heavy atom. The number of halogens is 1. The highest BCUT2D eigenvalue weighted by molar-refractivity contribution is 5.85. The van der Waals surface area contributed by atoms with E-state index in [1.165, 1.54) is 51.4 Å². The number of hydrogen-bond donors (Lipinski definition) is 3. The number of carbonyl (C=O) groups excluding carboxylic acids is 1. The van der Waals surface area contributed by atoms with E-state index in [-0.39, 0.29) is 18.5 Å².